The van der Waals surface area contributed by atoms with Crippen molar-refractivity contribution >= 4 is 5.97 Å². The molecule has 0 fully saturated rings. The molecule has 0 amide bonds. The zero-order chi connectivity index (χ0) is 13.5. The van der Waals surface area contributed by atoms with Gasteiger partial charge in [0.2, 0.25) is 0 Å². The fourth-order valence-corrected chi connectivity index (χ4v) is 1.69. The summed E-state index contributed by atoms with van der Waals surface area (Å²) in [6.07, 6.45) is 2.27. The van der Waals surface area contributed by atoms with Crippen molar-refractivity contribution in [2.24, 2.45) is 0 Å². The van der Waals surface area contributed by atoms with Gasteiger partial charge in [0.25, 0.3) is 0 Å². The van der Waals surface area contributed by atoms with Crippen LogP contribution in [0.1, 0.15) is 29.7 Å². The van der Waals surface area contributed by atoms with Crippen LogP contribution in [0, 0.1) is 6.92 Å². The van der Waals surface area contributed by atoms with Gasteiger partial charge in [-0.3, -0.25) is 9.78 Å². The second-order valence-corrected chi connectivity index (χ2v) is 4.13. The van der Waals surface area contributed by atoms with Gasteiger partial charge in [0.1, 0.15) is 12.3 Å². The van der Waals surface area contributed by atoms with Gasteiger partial charge in [-0.1, -0.05) is 0 Å². The van der Waals surface area contributed by atoms with Crippen LogP contribution in [0.4, 0.5) is 0 Å². The van der Waals surface area contributed by atoms with E-state index in [9.17, 15) is 9.90 Å². The van der Waals surface area contributed by atoms with Gasteiger partial charge in [-0.25, -0.2) is 0 Å². The standard InChI is InChI=1S/C12H18N2O4.ClH/c1-8-12(18)10(9(7-15)5-14-8)6-13-4-2-3-11(16)17;/h5,13,15,18H,2-4,6-7H2,1H3,(H,16,17);1H. The van der Waals surface area contributed by atoms with Crippen molar-refractivity contribution in [3.63, 3.8) is 0 Å². The van der Waals surface area contributed by atoms with E-state index in [4.69, 9.17) is 10.2 Å². The molecule has 0 aliphatic rings. The number of carboxylic acid groups (broad SMARTS) is 1. The molecule has 0 bridgehead atoms. The number of aromatic hydroxyl groups is 1. The lowest BCUT2D eigenvalue weighted by molar-refractivity contribution is -0.670. The van der Waals surface area contributed by atoms with E-state index >= 15 is 0 Å². The molecule has 0 aliphatic heterocycles. The topological polar surface area (TPSA) is 107 Å². The lowest BCUT2D eigenvalue weighted by Gasteiger charge is -2.10. The zero-order valence-corrected chi connectivity index (χ0v) is 11.5. The maximum Gasteiger partial charge on any atom is 0.303 e. The number of quaternary nitrogens is 1. The number of aliphatic hydroxyl groups excluding tert-OH is 1. The first-order valence-corrected chi connectivity index (χ1v) is 5.87. The smallest absolute Gasteiger partial charge is 0.303 e. The maximum atomic E-state index is 10.3. The third-order valence-electron chi connectivity index (χ3n) is 2.75. The lowest BCUT2D eigenvalue weighted by Crippen LogP contribution is -3.00. The van der Waals surface area contributed by atoms with Gasteiger partial charge in [-0.05, 0) is 6.92 Å². The van der Waals surface area contributed by atoms with Gasteiger partial charge in [-0.2, -0.15) is 0 Å². The molecule has 6 nitrogen and oxygen atoms in total. The van der Waals surface area contributed by atoms with E-state index in [2.05, 4.69) is 4.98 Å². The van der Waals surface area contributed by atoms with Gasteiger partial charge in [-0.15, -0.1) is 0 Å². The minimum Gasteiger partial charge on any atom is -1.00 e. The summed E-state index contributed by atoms with van der Waals surface area (Å²) in [5, 5.41) is 29.4. The van der Waals surface area contributed by atoms with Gasteiger partial charge in [0.15, 0.2) is 0 Å². The molecule has 5 N–H and O–H groups in total. The quantitative estimate of drug-likeness (QED) is 0.390. The van der Waals surface area contributed by atoms with Crippen LogP contribution < -0.4 is 17.7 Å². The highest BCUT2D eigenvalue weighted by Crippen LogP contribution is 2.22. The first-order valence-electron chi connectivity index (χ1n) is 5.87. The summed E-state index contributed by atoms with van der Waals surface area (Å²) in [5.74, 6) is -0.696. The van der Waals surface area contributed by atoms with E-state index in [1.165, 1.54) is 0 Å². The van der Waals surface area contributed by atoms with Crippen molar-refractivity contribution in [1.29, 1.82) is 0 Å². The van der Waals surface area contributed by atoms with E-state index in [1.54, 1.807) is 13.1 Å². The van der Waals surface area contributed by atoms with Gasteiger partial charge in [0, 0.05) is 18.2 Å². The summed E-state index contributed by atoms with van der Waals surface area (Å²) in [6, 6.07) is 0. The number of carboxylic acids is 1. The number of carbonyl (C=O) groups is 1. The normalized spacial score (nSPS) is 10.0. The first kappa shape index (κ1) is 17.6. The van der Waals surface area contributed by atoms with Crippen LogP contribution in [0.15, 0.2) is 6.20 Å². The Kier molecular flexibility index (Phi) is 8.06. The monoisotopic (exact) mass is 290 g/mol. The number of rotatable bonds is 7. The summed E-state index contributed by atoms with van der Waals surface area (Å²) in [6.45, 7) is 2.70. The second kappa shape index (κ2) is 8.68. The number of aliphatic hydroxyl groups is 1. The fraction of sp³-hybridized carbons (Fsp3) is 0.500. The third-order valence-corrected chi connectivity index (χ3v) is 2.75. The summed E-state index contributed by atoms with van der Waals surface area (Å²) in [7, 11) is 0. The molecule has 19 heavy (non-hydrogen) atoms. The number of pyridine rings is 1. The molecule has 1 aromatic heterocycles. The largest absolute Gasteiger partial charge is 1.00 e. The Bertz CT molecular complexity index is 426. The predicted octanol–water partition coefficient (Wildman–Crippen LogP) is -3.48. The van der Waals surface area contributed by atoms with Crippen LogP contribution in [-0.2, 0) is 17.9 Å². The van der Waals surface area contributed by atoms with Crippen molar-refractivity contribution in [3.05, 3.63) is 23.0 Å². The molecular weight excluding hydrogens is 272 g/mol. The summed E-state index contributed by atoms with van der Waals surface area (Å²) in [5.41, 5.74) is 1.80. The zero-order valence-electron chi connectivity index (χ0n) is 10.8. The van der Waals surface area contributed by atoms with Crippen LogP contribution in [0.25, 0.3) is 0 Å². The third kappa shape index (κ3) is 5.42. The molecule has 1 rings (SSSR count). The molecule has 0 saturated heterocycles. The lowest BCUT2D eigenvalue weighted by atomic mass is 10.1. The molecule has 108 valence electrons. The number of aromatic nitrogens is 1. The van der Waals surface area contributed by atoms with E-state index in [-0.39, 0.29) is 31.2 Å². The molecule has 1 aromatic rings. The van der Waals surface area contributed by atoms with E-state index in [1.807, 2.05) is 5.32 Å². The van der Waals surface area contributed by atoms with E-state index in [0.717, 1.165) is 0 Å². The Morgan fingerprint density at radius 1 is 1.47 bits per heavy atom. The SMILES string of the molecule is Cc1ncc(CO)c(C[NH2+]CCCC(=O)O)c1O.[Cl-]. The molecule has 0 saturated carbocycles. The maximum absolute atomic E-state index is 10.3. The number of aryl methyl sites for hydroxylation is 1. The molecule has 0 atom stereocenters. The number of hydrogen-bond donors (Lipinski definition) is 4. The number of halogens is 1. The first-order chi connectivity index (χ1) is 8.56. The second-order valence-electron chi connectivity index (χ2n) is 4.13. The summed E-state index contributed by atoms with van der Waals surface area (Å²) in [4.78, 5) is 14.3. The molecule has 7 heteroatoms. The van der Waals surface area contributed by atoms with Crippen molar-refractivity contribution in [2.45, 2.75) is 32.9 Å². The van der Waals surface area contributed by atoms with E-state index in [0.29, 0.717) is 36.3 Å². The molecule has 0 radical (unpaired) electrons. The van der Waals surface area contributed by atoms with Crippen LogP contribution in [0.3, 0.4) is 0 Å². The Hall–Kier alpha value is -1.37. The highest BCUT2D eigenvalue weighted by atomic mass is 35.5. The highest BCUT2D eigenvalue weighted by molar-refractivity contribution is 5.66. The summed E-state index contributed by atoms with van der Waals surface area (Å²) < 4.78 is 0. The van der Waals surface area contributed by atoms with Gasteiger partial charge in [0.05, 0.1) is 30.8 Å². The molecule has 0 aromatic carbocycles. The van der Waals surface area contributed by atoms with Crippen LogP contribution in [0.5, 0.6) is 5.75 Å². The van der Waals surface area contributed by atoms with Crippen molar-refractivity contribution < 1.29 is 37.8 Å². The predicted molar refractivity (Wildman–Crippen MR) is 63.9 cm³/mol. The van der Waals surface area contributed by atoms with Crippen molar-refractivity contribution in [1.82, 2.24) is 4.98 Å². The Morgan fingerprint density at radius 2 is 2.16 bits per heavy atom. The van der Waals surface area contributed by atoms with Crippen LogP contribution >= 0.6 is 0 Å². The van der Waals surface area contributed by atoms with Crippen molar-refractivity contribution in [3.8, 4) is 5.75 Å². The highest BCUT2D eigenvalue weighted by Gasteiger charge is 2.12. The Labute approximate surface area is 117 Å². The number of hydrogen-bond acceptors (Lipinski definition) is 4. The minimum absolute atomic E-state index is 0. The number of nitrogens with two attached hydrogens (primary N) is 1. The molecular formula is C12H19ClN2O4. The average Bonchev–Trinajstić information content (AvgIpc) is 2.33. The van der Waals surface area contributed by atoms with Gasteiger partial charge < -0.3 is 33.0 Å². The number of aliphatic carboxylic acids is 1. The Balaban J connectivity index is 0.00000324. The number of nitrogens with zero attached hydrogens (tertiary/aromatic N) is 1. The average molecular weight is 291 g/mol. The fourth-order valence-electron chi connectivity index (χ4n) is 1.69. The minimum atomic E-state index is -0.804. The van der Waals surface area contributed by atoms with Crippen LogP contribution in [-0.4, -0.2) is 32.8 Å². The summed E-state index contributed by atoms with van der Waals surface area (Å²) >= 11 is 0. The molecule has 0 aliphatic carbocycles. The molecule has 0 spiro atoms. The Morgan fingerprint density at radius 3 is 2.74 bits per heavy atom. The molecule has 0 unspecified atom stereocenters. The molecule has 1 heterocycles. The van der Waals surface area contributed by atoms with E-state index < -0.39 is 5.97 Å². The van der Waals surface area contributed by atoms with Gasteiger partial charge >= 0.3 is 5.97 Å². The van der Waals surface area contributed by atoms with Crippen LogP contribution in [0.2, 0.25) is 0 Å². The van der Waals surface area contributed by atoms with Crippen molar-refractivity contribution in [2.75, 3.05) is 6.54 Å².